The summed E-state index contributed by atoms with van der Waals surface area (Å²) >= 11 is 0. The van der Waals surface area contributed by atoms with Crippen molar-refractivity contribution in [2.75, 3.05) is 13.2 Å². The van der Waals surface area contributed by atoms with Crippen molar-refractivity contribution in [2.24, 2.45) is 0 Å². The van der Waals surface area contributed by atoms with E-state index in [4.69, 9.17) is 9.47 Å². The van der Waals surface area contributed by atoms with Crippen molar-refractivity contribution < 1.29 is 19.1 Å². The monoisotopic (exact) mass is 368 g/mol. The molecule has 144 valence electrons. The molecule has 2 aromatic rings. The zero-order valence-corrected chi connectivity index (χ0v) is 16.2. The molecule has 2 aromatic carbocycles. The van der Waals surface area contributed by atoms with Crippen LogP contribution in [0.4, 0.5) is 0 Å². The third-order valence-corrected chi connectivity index (χ3v) is 4.21. The Morgan fingerprint density at radius 2 is 1.04 bits per heavy atom. The summed E-state index contributed by atoms with van der Waals surface area (Å²) in [6, 6.07) is 13.9. The lowest BCUT2D eigenvalue weighted by Gasteiger charge is -2.07. The van der Waals surface area contributed by atoms with Crippen LogP contribution in [0.5, 0.6) is 11.5 Å². The third kappa shape index (κ3) is 6.89. The van der Waals surface area contributed by atoms with Crippen LogP contribution in [0.2, 0.25) is 0 Å². The minimum atomic E-state index is -0.191. The van der Waals surface area contributed by atoms with Crippen molar-refractivity contribution in [1.82, 2.24) is 0 Å². The summed E-state index contributed by atoms with van der Waals surface area (Å²) in [7, 11) is 0. The number of Topliss-reactive ketones (excluding diaryl/α,β-unsaturated/α-hetero) is 2. The number of hydrogen-bond donors (Lipinski definition) is 0. The number of unbranched alkanes of at least 4 members (excludes halogenated alkanes) is 2. The molecule has 0 atom stereocenters. The van der Waals surface area contributed by atoms with Crippen LogP contribution in [0, 0.1) is 0 Å². The van der Waals surface area contributed by atoms with Gasteiger partial charge in [-0.15, -0.1) is 0 Å². The Labute approximate surface area is 161 Å². The average molecular weight is 368 g/mol. The molecule has 0 aliphatic carbocycles. The molecule has 0 heterocycles. The molecule has 0 unspecified atom stereocenters. The second-order valence-corrected chi connectivity index (χ2v) is 6.48. The van der Waals surface area contributed by atoms with Gasteiger partial charge in [0.05, 0.1) is 19.6 Å². The molecular formula is C23H28O4. The van der Waals surface area contributed by atoms with E-state index in [0.29, 0.717) is 24.3 Å². The molecule has 4 nitrogen and oxygen atoms in total. The lowest BCUT2D eigenvalue weighted by Crippen LogP contribution is -2.09. The van der Waals surface area contributed by atoms with E-state index in [-0.39, 0.29) is 18.0 Å². The summed E-state index contributed by atoms with van der Waals surface area (Å²) in [4.78, 5) is 24.7. The normalized spacial score (nSPS) is 10.4. The predicted molar refractivity (Wildman–Crippen MR) is 107 cm³/mol. The maximum absolute atomic E-state index is 12.4. The van der Waals surface area contributed by atoms with Crippen molar-refractivity contribution in [2.45, 2.75) is 46.0 Å². The largest absolute Gasteiger partial charge is 0.494 e. The van der Waals surface area contributed by atoms with Gasteiger partial charge in [0, 0.05) is 11.1 Å². The molecule has 0 radical (unpaired) electrons. The van der Waals surface area contributed by atoms with Gasteiger partial charge in [-0.25, -0.2) is 0 Å². The average Bonchev–Trinajstić information content (AvgIpc) is 2.69. The molecule has 0 aliphatic heterocycles. The van der Waals surface area contributed by atoms with E-state index >= 15 is 0 Å². The van der Waals surface area contributed by atoms with Gasteiger partial charge >= 0.3 is 0 Å². The van der Waals surface area contributed by atoms with Gasteiger partial charge in [-0.05, 0) is 61.4 Å². The third-order valence-electron chi connectivity index (χ3n) is 4.21. The molecular weight excluding hydrogens is 340 g/mol. The molecule has 4 heteroatoms. The maximum Gasteiger partial charge on any atom is 0.170 e. The highest BCUT2D eigenvalue weighted by Gasteiger charge is 2.14. The van der Waals surface area contributed by atoms with Gasteiger partial charge in [0.15, 0.2) is 11.6 Å². The second kappa shape index (κ2) is 11.2. The quantitative estimate of drug-likeness (QED) is 0.282. The van der Waals surface area contributed by atoms with Crippen LogP contribution in [0.3, 0.4) is 0 Å². The Kier molecular flexibility index (Phi) is 8.56. The summed E-state index contributed by atoms with van der Waals surface area (Å²) in [6.07, 6.45) is 4.00. The summed E-state index contributed by atoms with van der Waals surface area (Å²) in [5.41, 5.74) is 1.04. The first kappa shape index (κ1) is 20.7. The smallest absolute Gasteiger partial charge is 0.170 e. The molecule has 0 saturated heterocycles. The lowest BCUT2D eigenvalue weighted by molar-refractivity contribution is 0.0894. The topological polar surface area (TPSA) is 52.6 Å². The SMILES string of the molecule is CCCCOc1ccc(C(=O)CC(=O)c2ccc(OCCCC)cc2)cc1. The maximum atomic E-state index is 12.4. The van der Waals surface area contributed by atoms with Gasteiger partial charge in [-0.3, -0.25) is 9.59 Å². The first-order valence-electron chi connectivity index (χ1n) is 9.66. The Bertz CT molecular complexity index is 654. The molecule has 0 amide bonds. The highest BCUT2D eigenvalue weighted by Crippen LogP contribution is 2.17. The van der Waals surface area contributed by atoms with E-state index in [1.165, 1.54) is 0 Å². The first-order valence-corrected chi connectivity index (χ1v) is 9.66. The van der Waals surface area contributed by atoms with E-state index in [1.807, 2.05) is 0 Å². The van der Waals surface area contributed by atoms with Gasteiger partial charge in [0.25, 0.3) is 0 Å². The van der Waals surface area contributed by atoms with Gasteiger partial charge in [-0.1, -0.05) is 26.7 Å². The molecule has 2 rings (SSSR count). The number of ether oxygens (including phenoxy) is 2. The van der Waals surface area contributed by atoms with E-state index in [0.717, 1.165) is 37.2 Å². The van der Waals surface area contributed by atoms with Crippen molar-refractivity contribution in [3.05, 3.63) is 59.7 Å². The molecule has 0 spiro atoms. The standard InChI is InChI=1S/C23H28O4/c1-3-5-15-26-20-11-7-18(8-12-20)22(24)17-23(25)19-9-13-21(14-10-19)27-16-6-4-2/h7-14H,3-6,15-17H2,1-2H3. The fraction of sp³-hybridized carbons (Fsp3) is 0.391. The minimum Gasteiger partial charge on any atom is -0.494 e. The van der Waals surface area contributed by atoms with Crippen LogP contribution < -0.4 is 9.47 Å². The first-order chi connectivity index (χ1) is 13.1. The van der Waals surface area contributed by atoms with Gasteiger partial charge < -0.3 is 9.47 Å². The zero-order valence-electron chi connectivity index (χ0n) is 16.2. The summed E-state index contributed by atoms with van der Waals surface area (Å²) in [6.45, 7) is 5.55. The number of ketones is 2. The van der Waals surface area contributed by atoms with E-state index < -0.39 is 0 Å². The number of hydrogen-bond acceptors (Lipinski definition) is 4. The lowest BCUT2D eigenvalue weighted by atomic mass is 10.0. The molecule has 0 aromatic heterocycles. The number of carbonyl (C=O) groups excluding carboxylic acids is 2. The fourth-order valence-electron chi connectivity index (χ4n) is 2.49. The van der Waals surface area contributed by atoms with Crippen LogP contribution in [0.1, 0.15) is 66.7 Å². The van der Waals surface area contributed by atoms with Crippen LogP contribution in [-0.2, 0) is 0 Å². The van der Waals surface area contributed by atoms with Crippen molar-refractivity contribution >= 4 is 11.6 Å². The predicted octanol–water partition coefficient (Wildman–Crippen LogP) is 5.50. The Balaban J connectivity index is 1.88. The molecule has 0 bridgehead atoms. The number of benzene rings is 2. The Morgan fingerprint density at radius 1 is 0.667 bits per heavy atom. The highest BCUT2D eigenvalue weighted by molar-refractivity contribution is 6.13. The molecule has 0 N–H and O–H groups in total. The van der Waals surface area contributed by atoms with Crippen LogP contribution in [0.25, 0.3) is 0 Å². The zero-order chi connectivity index (χ0) is 19.5. The summed E-state index contributed by atoms with van der Waals surface area (Å²) < 4.78 is 11.2. The van der Waals surface area contributed by atoms with E-state index in [9.17, 15) is 9.59 Å². The summed E-state index contributed by atoms with van der Waals surface area (Å²) in [5.74, 6) is 1.10. The molecule has 0 fully saturated rings. The second-order valence-electron chi connectivity index (χ2n) is 6.48. The van der Waals surface area contributed by atoms with Gasteiger partial charge in [0.2, 0.25) is 0 Å². The van der Waals surface area contributed by atoms with Crippen LogP contribution in [-0.4, -0.2) is 24.8 Å². The molecule has 0 saturated carbocycles. The van der Waals surface area contributed by atoms with E-state index in [1.54, 1.807) is 48.5 Å². The fourth-order valence-corrected chi connectivity index (χ4v) is 2.49. The Hall–Kier alpha value is -2.62. The van der Waals surface area contributed by atoms with Crippen molar-refractivity contribution in [3.63, 3.8) is 0 Å². The van der Waals surface area contributed by atoms with Crippen LogP contribution in [0.15, 0.2) is 48.5 Å². The highest BCUT2D eigenvalue weighted by atomic mass is 16.5. The van der Waals surface area contributed by atoms with Gasteiger partial charge in [0.1, 0.15) is 11.5 Å². The number of carbonyl (C=O) groups is 2. The molecule has 27 heavy (non-hydrogen) atoms. The Morgan fingerprint density at radius 3 is 1.37 bits per heavy atom. The van der Waals surface area contributed by atoms with Crippen molar-refractivity contribution in [1.29, 1.82) is 0 Å². The summed E-state index contributed by atoms with van der Waals surface area (Å²) in [5, 5.41) is 0. The van der Waals surface area contributed by atoms with Gasteiger partial charge in [-0.2, -0.15) is 0 Å². The van der Waals surface area contributed by atoms with E-state index in [2.05, 4.69) is 13.8 Å². The van der Waals surface area contributed by atoms with Crippen LogP contribution >= 0.6 is 0 Å². The minimum absolute atomic E-state index is 0.147. The number of rotatable bonds is 12. The van der Waals surface area contributed by atoms with Crippen molar-refractivity contribution in [3.8, 4) is 11.5 Å². The molecule has 0 aliphatic rings.